The first-order chi connectivity index (χ1) is 8.67. The molecule has 1 unspecified atom stereocenters. The molecule has 6 heteroatoms. The Hall–Kier alpha value is -1.30. The third-order valence-corrected chi connectivity index (χ3v) is 3.43. The molecule has 5 nitrogen and oxygen atoms in total. The minimum Gasteiger partial charge on any atom is -0.468 e. The van der Waals surface area contributed by atoms with Crippen molar-refractivity contribution in [2.75, 3.05) is 0 Å². The summed E-state index contributed by atoms with van der Waals surface area (Å²) < 4.78 is 7.26. The summed E-state index contributed by atoms with van der Waals surface area (Å²) in [5, 5.41) is 5.08. The zero-order valence-electron chi connectivity index (χ0n) is 10.5. The van der Waals surface area contributed by atoms with Crippen molar-refractivity contribution in [1.82, 2.24) is 15.2 Å². The van der Waals surface area contributed by atoms with Gasteiger partial charge in [0.05, 0.1) is 28.7 Å². The molecule has 2 aromatic rings. The van der Waals surface area contributed by atoms with Crippen LogP contribution in [0.5, 0.6) is 0 Å². The quantitative estimate of drug-likeness (QED) is 0.644. The topological polar surface area (TPSA) is 69.0 Å². The fourth-order valence-corrected chi connectivity index (χ4v) is 2.20. The maximum Gasteiger partial charge on any atom is 0.122 e. The van der Waals surface area contributed by atoms with E-state index in [0.717, 1.165) is 23.7 Å². The summed E-state index contributed by atoms with van der Waals surface area (Å²) >= 11 is 6.27. The monoisotopic (exact) mass is 268 g/mol. The molecule has 3 N–H and O–H groups in total. The summed E-state index contributed by atoms with van der Waals surface area (Å²) in [5.74, 6) is 6.36. The van der Waals surface area contributed by atoms with E-state index < -0.39 is 0 Å². The molecule has 0 saturated heterocycles. The highest BCUT2D eigenvalue weighted by atomic mass is 35.5. The van der Waals surface area contributed by atoms with Gasteiger partial charge in [-0.1, -0.05) is 11.6 Å². The average molecular weight is 269 g/mol. The van der Waals surface area contributed by atoms with E-state index in [-0.39, 0.29) is 6.04 Å². The molecule has 2 rings (SSSR count). The largest absolute Gasteiger partial charge is 0.468 e. The minimum atomic E-state index is -0.112. The van der Waals surface area contributed by atoms with Crippen LogP contribution in [0.1, 0.15) is 30.1 Å². The number of hydrazine groups is 1. The second-order valence-electron chi connectivity index (χ2n) is 4.10. The number of aromatic nitrogens is 2. The van der Waals surface area contributed by atoms with Gasteiger partial charge < -0.3 is 4.42 Å². The van der Waals surface area contributed by atoms with Gasteiger partial charge in [-0.25, -0.2) is 5.43 Å². The smallest absolute Gasteiger partial charge is 0.122 e. The molecule has 0 amide bonds. The predicted octanol–water partition coefficient (Wildman–Crippen LogP) is 2.20. The zero-order valence-corrected chi connectivity index (χ0v) is 11.2. The lowest BCUT2D eigenvalue weighted by molar-refractivity contribution is 0.408. The molecule has 1 atom stereocenters. The first kappa shape index (κ1) is 13.1. The molecule has 0 aliphatic carbocycles. The maximum absolute atomic E-state index is 6.27. The van der Waals surface area contributed by atoms with Gasteiger partial charge in [0.25, 0.3) is 0 Å². The molecule has 0 saturated carbocycles. The number of nitrogens with zero attached hydrogens (tertiary/aromatic N) is 2. The number of nitrogens with two attached hydrogens (primary N) is 1. The lowest BCUT2D eigenvalue weighted by Gasteiger charge is -2.14. The Labute approximate surface area is 111 Å². The lowest BCUT2D eigenvalue weighted by atomic mass is 10.1. The van der Waals surface area contributed by atoms with Crippen molar-refractivity contribution in [2.24, 2.45) is 5.84 Å². The SMILES string of the molecule is CCn1nc(C)c(Cl)c1CC(NN)c1ccco1. The molecule has 0 radical (unpaired) electrons. The van der Waals surface area contributed by atoms with Crippen molar-refractivity contribution >= 4 is 11.6 Å². The van der Waals surface area contributed by atoms with Crippen LogP contribution < -0.4 is 11.3 Å². The molecule has 0 bridgehead atoms. The van der Waals surface area contributed by atoms with Crippen LogP contribution >= 0.6 is 11.6 Å². The second kappa shape index (κ2) is 5.56. The fourth-order valence-electron chi connectivity index (χ4n) is 1.99. The predicted molar refractivity (Wildman–Crippen MR) is 70.1 cm³/mol. The van der Waals surface area contributed by atoms with Crippen LogP contribution in [0.15, 0.2) is 22.8 Å². The van der Waals surface area contributed by atoms with Crippen molar-refractivity contribution in [2.45, 2.75) is 32.9 Å². The van der Waals surface area contributed by atoms with Gasteiger partial charge in [-0.2, -0.15) is 5.10 Å². The normalized spacial score (nSPS) is 12.9. The van der Waals surface area contributed by atoms with Crippen LogP contribution in [-0.2, 0) is 13.0 Å². The Balaban J connectivity index is 2.27. The van der Waals surface area contributed by atoms with E-state index in [4.69, 9.17) is 21.9 Å². The molecule has 18 heavy (non-hydrogen) atoms. The fraction of sp³-hybridized carbons (Fsp3) is 0.417. The van der Waals surface area contributed by atoms with E-state index in [1.165, 1.54) is 0 Å². The van der Waals surface area contributed by atoms with E-state index in [2.05, 4.69) is 10.5 Å². The number of aryl methyl sites for hydroxylation is 2. The summed E-state index contributed by atoms with van der Waals surface area (Å²) in [6, 6.07) is 3.61. The van der Waals surface area contributed by atoms with Crippen LogP contribution in [0.25, 0.3) is 0 Å². The molecule has 0 spiro atoms. The zero-order chi connectivity index (χ0) is 13.1. The molecule has 0 aromatic carbocycles. The summed E-state index contributed by atoms with van der Waals surface area (Å²) in [4.78, 5) is 0. The average Bonchev–Trinajstić information content (AvgIpc) is 2.98. The van der Waals surface area contributed by atoms with E-state index in [1.807, 2.05) is 30.7 Å². The Kier molecular flexibility index (Phi) is 4.06. The van der Waals surface area contributed by atoms with E-state index in [9.17, 15) is 0 Å². The van der Waals surface area contributed by atoms with Crippen LogP contribution in [0.4, 0.5) is 0 Å². The van der Waals surface area contributed by atoms with Crippen molar-refractivity contribution in [3.8, 4) is 0 Å². The molecule has 98 valence electrons. The summed E-state index contributed by atoms with van der Waals surface area (Å²) in [6.45, 7) is 4.71. The Morgan fingerprint density at radius 2 is 2.39 bits per heavy atom. The third-order valence-electron chi connectivity index (χ3n) is 2.94. The van der Waals surface area contributed by atoms with Crippen molar-refractivity contribution in [3.63, 3.8) is 0 Å². The molecule has 2 aromatic heterocycles. The summed E-state index contributed by atoms with van der Waals surface area (Å²) in [7, 11) is 0. The highest BCUT2D eigenvalue weighted by Crippen LogP contribution is 2.26. The van der Waals surface area contributed by atoms with Gasteiger partial charge in [-0.05, 0) is 26.0 Å². The van der Waals surface area contributed by atoms with Gasteiger partial charge in [0.1, 0.15) is 5.76 Å². The molecule has 0 aliphatic rings. The molecular weight excluding hydrogens is 252 g/mol. The van der Waals surface area contributed by atoms with E-state index >= 15 is 0 Å². The van der Waals surface area contributed by atoms with Gasteiger partial charge in [0.15, 0.2) is 0 Å². The maximum atomic E-state index is 6.27. The molecule has 2 heterocycles. The van der Waals surface area contributed by atoms with E-state index in [1.54, 1.807) is 6.26 Å². The van der Waals surface area contributed by atoms with Crippen molar-refractivity contribution < 1.29 is 4.42 Å². The van der Waals surface area contributed by atoms with Gasteiger partial charge in [0, 0.05) is 13.0 Å². The Bertz CT molecular complexity index is 506. The van der Waals surface area contributed by atoms with Crippen LogP contribution in [0.3, 0.4) is 0 Å². The van der Waals surface area contributed by atoms with Crippen LogP contribution in [0.2, 0.25) is 5.02 Å². The van der Waals surface area contributed by atoms with E-state index in [0.29, 0.717) is 11.4 Å². The van der Waals surface area contributed by atoms with Crippen LogP contribution in [-0.4, -0.2) is 9.78 Å². The standard InChI is InChI=1S/C12H17ClN4O/c1-3-17-10(12(13)8(2)16-17)7-9(15-14)11-5-4-6-18-11/h4-6,9,15H,3,7,14H2,1-2H3. The molecule has 0 fully saturated rings. The minimum absolute atomic E-state index is 0.112. The number of nitrogens with one attached hydrogen (secondary N) is 1. The highest BCUT2D eigenvalue weighted by Gasteiger charge is 2.20. The number of furan rings is 1. The lowest BCUT2D eigenvalue weighted by Crippen LogP contribution is -2.30. The Morgan fingerprint density at radius 3 is 2.94 bits per heavy atom. The number of hydrogen-bond acceptors (Lipinski definition) is 4. The summed E-state index contributed by atoms with van der Waals surface area (Å²) in [6.07, 6.45) is 2.27. The van der Waals surface area contributed by atoms with Gasteiger partial charge >= 0.3 is 0 Å². The third kappa shape index (κ3) is 2.43. The second-order valence-corrected chi connectivity index (χ2v) is 4.48. The van der Waals surface area contributed by atoms with Crippen molar-refractivity contribution in [3.05, 3.63) is 40.6 Å². The number of hydrogen-bond donors (Lipinski definition) is 2. The number of rotatable bonds is 5. The Morgan fingerprint density at radius 1 is 1.61 bits per heavy atom. The molecule has 0 aliphatic heterocycles. The van der Waals surface area contributed by atoms with Gasteiger partial charge in [0.2, 0.25) is 0 Å². The van der Waals surface area contributed by atoms with Crippen LogP contribution in [0, 0.1) is 6.92 Å². The highest BCUT2D eigenvalue weighted by molar-refractivity contribution is 6.31. The van der Waals surface area contributed by atoms with Crippen molar-refractivity contribution in [1.29, 1.82) is 0 Å². The summed E-state index contributed by atoms with van der Waals surface area (Å²) in [5.41, 5.74) is 4.55. The van der Waals surface area contributed by atoms with Gasteiger partial charge in [-0.3, -0.25) is 10.5 Å². The first-order valence-electron chi connectivity index (χ1n) is 5.88. The number of halogens is 1. The van der Waals surface area contributed by atoms with Gasteiger partial charge in [-0.15, -0.1) is 0 Å². The molecular formula is C12H17ClN4O. The first-order valence-corrected chi connectivity index (χ1v) is 6.26.